The van der Waals surface area contributed by atoms with Crippen LogP contribution in [0.2, 0.25) is 0 Å². The number of benzene rings is 1. The quantitative estimate of drug-likeness (QED) is 0.545. The number of esters is 1. The molecular formula is C27H41NO4. The zero-order chi connectivity index (χ0) is 23.6. The van der Waals surface area contributed by atoms with Gasteiger partial charge < -0.3 is 14.4 Å². The van der Waals surface area contributed by atoms with Crippen LogP contribution < -0.4 is 0 Å². The van der Waals surface area contributed by atoms with Crippen molar-refractivity contribution in [3.05, 3.63) is 33.4 Å². The lowest BCUT2D eigenvalue weighted by molar-refractivity contribution is -0.167. The van der Waals surface area contributed by atoms with Crippen LogP contribution in [-0.4, -0.2) is 35.5 Å². The van der Waals surface area contributed by atoms with Crippen LogP contribution in [0.15, 0.2) is 0 Å². The van der Waals surface area contributed by atoms with Crippen molar-refractivity contribution in [1.29, 1.82) is 0 Å². The highest BCUT2D eigenvalue weighted by Crippen LogP contribution is 2.38. The molecule has 1 amide bonds. The molecule has 5 nitrogen and oxygen atoms in total. The minimum absolute atomic E-state index is 0.199. The Labute approximate surface area is 193 Å². The van der Waals surface area contributed by atoms with Crippen LogP contribution in [0.3, 0.4) is 0 Å². The fourth-order valence-corrected chi connectivity index (χ4v) is 5.36. The Balaban J connectivity index is 1.98. The number of nitrogens with zero attached hydrogens (tertiary/aromatic N) is 1. The van der Waals surface area contributed by atoms with E-state index in [-0.39, 0.29) is 11.9 Å². The van der Waals surface area contributed by atoms with Crippen LogP contribution >= 0.6 is 0 Å². The van der Waals surface area contributed by atoms with Crippen molar-refractivity contribution in [2.24, 2.45) is 5.92 Å². The maximum atomic E-state index is 13.1. The van der Waals surface area contributed by atoms with Crippen molar-refractivity contribution in [3.8, 4) is 0 Å². The summed E-state index contributed by atoms with van der Waals surface area (Å²) in [6.07, 6.45) is 5.96. The molecular weight excluding hydrogens is 402 g/mol. The zero-order valence-electron chi connectivity index (χ0n) is 21.1. The molecule has 5 heteroatoms. The van der Waals surface area contributed by atoms with Crippen molar-refractivity contribution in [3.63, 3.8) is 0 Å². The van der Waals surface area contributed by atoms with Crippen LogP contribution in [0.5, 0.6) is 0 Å². The van der Waals surface area contributed by atoms with Crippen LogP contribution in [0.4, 0.5) is 0 Å². The van der Waals surface area contributed by atoms with Gasteiger partial charge in [0.2, 0.25) is 5.91 Å². The highest BCUT2D eigenvalue weighted by atomic mass is 16.6. The molecule has 1 aliphatic heterocycles. The van der Waals surface area contributed by atoms with Crippen molar-refractivity contribution in [2.45, 2.75) is 105 Å². The molecule has 0 saturated heterocycles. The molecule has 1 heterocycles. The number of hydrogen-bond donors (Lipinski definition) is 0. The Bertz CT molecular complexity index is 862. The van der Waals surface area contributed by atoms with Crippen molar-refractivity contribution < 1.29 is 19.1 Å². The molecule has 1 aromatic rings. The average Bonchev–Trinajstić information content (AvgIpc) is 2.72. The Morgan fingerprint density at radius 3 is 2.28 bits per heavy atom. The predicted octanol–water partition coefficient (Wildman–Crippen LogP) is 5.50. The van der Waals surface area contributed by atoms with E-state index in [9.17, 15) is 9.59 Å². The van der Waals surface area contributed by atoms with E-state index in [4.69, 9.17) is 9.47 Å². The second-order valence-corrected chi connectivity index (χ2v) is 10.6. The van der Waals surface area contributed by atoms with Gasteiger partial charge in [0.15, 0.2) is 6.10 Å². The fraction of sp³-hybridized carbons (Fsp3) is 0.704. The molecule has 32 heavy (non-hydrogen) atoms. The molecule has 0 aromatic heterocycles. The van der Waals surface area contributed by atoms with Crippen LogP contribution in [0, 0.1) is 26.7 Å². The van der Waals surface area contributed by atoms with Gasteiger partial charge in [0.1, 0.15) is 0 Å². The van der Waals surface area contributed by atoms with E-state index in [2.05, 4.69) is 18.7 Å². The van der Waals surface area contributed by atoms with Crippen molar-refractivity contribution in [1.82, 2.24) is 4.90 Å². The summed E-state index contributed by atoms with van der Waals surface area (Å²) < 4.78 is 11.6. The summed E-state index contributed by atoms with van der Waals surface area (Å²) in [4.78, 5) is 28.1. The zero-order valence-corrected chi connectivity index (χ0v) is 21.1. The lowest BCUT2D eigenvalue weighted by Gasteiger charge is -2.37. The van der Waals surface area contributed by atoms with Crippen LogP contribution in [0.1, 0.15) is 99.3 Å². The summed E-state index contributed by atoms with van der Waals surface area (Å²) in [5.74, 6) is 0.461. The van der Waals surface area contributed by atoms with Crippen LogP contribution in [-0.2, 0) is 32.0 Å². The van der Waals surface area contributed by atoms with Gasteiger partial charge in [-0.3, -0.25) is 4.79 Å². The summed E-state index contributed by atoms with van der Waals surface area (Å²) in [5, 5.41) is 0. The summed E-state index contributed by atoms with van der Waals surface area (Å²) in [5.41, 5.74) is 5.90. The first-order chi connectivity index (χ1) is 15.0. The van der Waals surface area contributed by atoms with E-state index in [1.165, 1.54) is 37.7 Å². The highest BCUT2D eigenvalue weighted by Gasteiger charge is 2.35. The van der Waals surface area contributed by atoms with Gasteiger partial charge in [-0.25, -0.2) is 4.79 Å². The van der Waals surface area contributed by atoms with Gasteiger partial charge in [0, 0.05) is 13.1 Å². The maximum Gasteiger partial charge on any atom is 0.339 e. The molecule has 1 aromatic carbocycles. The van der Waals surface area contributed by atoms with E-state index in [0.29, 0.717) is 25.5 Å². The van der Waals surface area contributed by atoms with Gasteiger partial charge in [-0.15, -0.1) is 0 Å². The third-order valence-corrected chi connectivity index (χ3v) is 7.11. The average molecular weight is 444 g/mol. The first-order valence-electron chi connectivity index (χ1n) is 12.3. The molecule has 3 rings (SSSR count). The Kier molecular flexibility index (Phi) is 7.69. The first-order valence-corrected chi connectivity index (χ1v) is 12.3. The summed E-state index contributed by atoms with van der Waals surface area (Å²) in [6, 6.07) is 0. The summed E-state index contributed by atoms with van der Waals surface area (Å²) in [7, 11) is 0. The molecule has 2 aliphatic rings. The number of ether oxygens (including phenoxy) is 2. The van der Waals surface area contributed by atoms with E-state index in [1.54, 1.807) is 0 Å². The van der Waals surface area contributed by atoms with E-state index < -0.39 is 11.7 Å². The van der Waals surface area contributed by atoms with Crippen molar-refractivity contribution in [2.75, 3.05) is 13.2 Å². The van der Waals surface area contributed by atoms with Gasteiger partial charge in [0.25, 0.3) is 0 Å². The van der Waals surface area contributed by atoms with Gasteiger partial charge >= 0.3 is 5.97 Å². The Morgan fingerprint density at radius 1 is 1.03 bits per heavy atom. The SMILES string of the molecule is CCOC(=O)[C@@H](OC(C)(C)C)c1c(C)c(C)c2c(c1C)CC(=O)N(CC1CCCCC1)C2. The molecule has 178 valence electrons. The van der Waals surface area contributed by atoms with Gasteiger partial charge in [-0.05, 0) is 101 Å². The maximum absolute atomic E-state index is 13.1. The first kappa shape index (κ1) is 24.8. The second kappa shape index (κ2) is 9.94. The molecule has 0 unspecified atom stereocenters. The minimum Gasteiger partial charge on any atom is -0.464 e. The van der Waals surface area contributed by atoms with Crippen LogP contribution in [0.25, 0.3) is 0 Å². The van der Waals surface area contributed by atoms with Gasteiger partial charge in [0.05, 0.1) is 18.6 Å². The van der Waals surface area contributed by atoms with Crippen molar-refractivity contribution >= 4 is 11.9 Å². The third kappa shape index (κ3) is 5.36. The molecule has 0 radical (unpaired) electrons. The molecule has 0 N–H and O–H groups in total. The summed E-state index contributed by atoms with van der Waals surface area (Å²) >= 11 is 0. The largest absolute Gasteiger partial charge is 0.464 e. The Hall–Kier alpha value is -1.88. The molecule has 1 atom stereocenters. The lowest BCUT2D eigenvalue weighted by atomic mass is 9.82. The fourth-order valence-electron chi connectivity index (χ4n) is 5.36. The molecule has 1 fully saturated rings. The van der Waals surface area contributed by atoms with Gasteiger partial charge in [-0.1, -0.05) is 19.3 Å². The molecule has 1 saturated carbocycles. The smallest absolute Gasteiger partial charge is 0.339 e. The Morgan fingerprint density at radius 2 is 1.69 bits per heavy atom. The molecule has 1 aliphatic carbocycles. The highest BCUT2D eigenvalue weighted by molar-refractivity contribution is 5.83. The third-order valence-electron chi connectivity index (χ3n) is 7.11. The minimum atomic E-state index is -0.797. The predicted molar refractivity (Wildman–Crippen MR) is 127 cm³/mol. The second-order valence-electron chi connectivity index (χ2n) is 10.6. The number of rotatable bonds is 6. The van der Waals surface area contributed by atoms with E-state index >= 15 is 0 Å². The van der Waals surface area contributed by atoms with Gasteiger partial charge in [-0.2, -0.15) is 0 Å². The number of carbonyl (C=O) groups is 2. The number of fused-ring (bicyclic) bond motifs is 1. The van der Waals surface area contributed by atoms with E-state index in [0.717, 1.165) is 34.4 Å². The molecule has 0 spiro atoms. The number of hydrogen-bond acceptors (Lipinski definition) is 4. The number of carbonyl (C=O) groups excluding carboxylic acids is 2. The standard InChI is InChI=1S/C27H41NO4/c1-8-31-26(30)25(32-27(5,6)7)24-18(3)17(2)22-16-28(15-20-12-10-9-11-13-20)23(29)14-21(22)19(24)4/h20,25H,8-16H2,1-7H3/t25-/m0/s1. The normalized spacial score (nSPS) is 18.5. The summed E-state index contributed by atoms with van der Waals surface area (Å²) in [6.45, 7) is 15.7. The van der Waals surface area contributed by atoms with E-state index in [1.807, 2.05) is 34.6 Å². The lowest BCUT2D eigenvalue weighted by Crippen LogP contribution is -2.41. The number of amides is 1. The molecule has 0 bridgehead atoms. The monoisotopic (exact) mass is 443 g/mol. The topological polar surface area (TPSA) is 55.8 Å².